The Labute approximate surface area is 99.4 Å². The van der Waals surface area contributed by atoms with Crippen LogP contribution in [0.25, 0.3) is 0 Å². The number of rotatable bonds is 5. The van der Waals surface area contributed by atoms with E-state index in [1.165, 1.54) is 12.8 Å². The standard InChI is InChI=1S/C11H18BrN3/c1-8(2)11(6-13-10-3-4-10)15-7-9(12)5-14-15/h5,7-8,10-11,13H,3-4,6H2,1-2H3. The first kappa shape index (κ1) is 11.1. The summed E-state index contributed by atoms with van der Waals surface area (Å²) in [7, 11) is 0. The van der Waals surface area contributed by atoms with Crippen molar-refractivity contribution in [1.82, 2.24) is 15.1 Å². The highest BCUT2D eigenvalue weighted by molar-refractivity contribution is 9.10. The molecule has 1 unspecified atom stereocenters. The van der Waals surface area contributed by atoms with Gasteiger partial charge in [-0.1, -0.05) is 13.8 Å². The lowest BCUT2D eigenvalue weighted by molar-refractivity contribution is 0.329. The van der Waals surface area contributed by atoms with Crippen LogP contribution < -0.4 is 5.32 Å². The zero-order valence-corrected chi connectivity index (χ0v) is 10.9. The molecule has 1 fully saturated rings. The van der Waals surface area contributed by atoms with E-state index in [9.17, 15) is 0 Å². The summed E-state index contributed by atoms with van der Waals surface area (Å²) in [6.07, 6.45) is 6.59. The molecule has 0 radical (unpaired) electrons. The molecule has 0 aliphatic heterocycles. The molecule has 15 heavy (non-hydrogen) atoms. The summed E-state index contributed by atoms with van der Waals surface area (Å²) >= 11 is 3.44. The van der Waals surface area contributed by atoms with Crippen molar-refractivity contribution in [2.24, 2.45) is 5.92 Å². The van der Waals surface area contributed by atoms with Gasteiger partial charge in [-0.15, -0.1) is 0 Å². The molecular formula is C11H18BrN3. The average molecular weight is 272 g/mol. The van der Waals surface area contributed by atoms with Crippen molar-refractivity contribution in [3.05, 3.63) is 16.9 Å². The molecule has 0 aromatic carbocycles. The third-order valence-electron chi connectivity index (χ3n) is 2.87. The van der Waals surface area contributed by atoms with Gasteiger partial charge in [0, 0.05) is 18.8 Å². The Kier molecular flexibility index (Phi) is 3.46. The minimum atomic E-state index is 0.455. The first-order valence-corrected chi connectivity index (χ1v) is 6.39. The third kappa shape index (κ3) is 3.05. The van der Waals surface area contributed by atoms with Crippen molar-refractivity contribution in [3.8, 4) is 0 Å². The molecule has 2 rings (SSSR count). The highest BCUT2D eigenvalue weighted by atomic mass is 79.9. The number of nitrogens with zero attached hydrogens (tertiary/aromatic N) is 2. The smallest absolute Gasteiger partial charge is 0.0666 e. The largest absolute Gasteiger partial charge is 0.312 e. The highest BCUT2D eigenvalue weighted by Gasteiger charge is 2.23. The van der Waals surface area contributed by atoms with Crippen LogP contribution in [0.2, 0.25) is 0 Å². The molecule has 0 spiro atoms. The maximum absolute atomic E-state index is 4.37. The van der Waals surface area contributed by atoms with Gasteiger partial charge in [0.15, 0.2) is 0 Å². The van der Waals surface area contributed by atoms with Crippen molar-refractivity contribution in [2.45, 2.75) is 38.8 Å². The fraction of sp³-hybridized carbons (Fsp3) is 0.727. The number of hydrogen-bond donors (Lipinski definition) is 1. The zero-order chi connectivity index (χ0) is 10.8. The molecule has 84 valence electrons. The quantitative estimate of drug-likeness (QED) is 0.892. The molecule has 0 bridgehead atoms. The van der Waals surface area contributed by atoms with Gasteiger partial charge in [0.1, 0.15) is 0 Å². The summed E-state index contributed by atoms with van der Waals surface area (Å²) in [4.78, 5) is 0. The molecule has 4 heteroatoms. The second-order valence-electron chi connectivity index (χ2n) is 4.63. The van der Waals surface area contributed by atoms with E-state index >= 15 is 0 Å². The number of hydrogen-bond acceptors (Lipinski definition) is 2. The first-order valence-electron chi connectivity index (χ1n) is 5.60. The molecule has 0 saturated heterocycles. The van der Waals surface area contributed by atoms with Crippen molar-refractivity contribution in [2.75, 3.05) is 6.54 Å². The minimum Gasteiger partial charge on any atom is -0.312 e. The molecule has 0 amide bonds. The summed E-state index contributed by atoms with van der Waals surface area (Å²) in [6, 6.07) is 1.22. The minimum absolute atomic E-state index is 0.455. The first-order chi connectivity index (χ1) is 7.16. The molecule has 3 nitrogen and oxygen atoms in total. The molecule has 1 N–H and O–H groups in total. The van der Waals surface area contributed by atoms with Crippen LogP contribution in [0.3, 0.4) is 0 Å². The van der Waals surface area contributed by atoms with Crippen LogP contribution in [0.4, 0.5) is 0 Å². The van der Waals surface area contributed by atoms with Crippen LogP contribution >= 0.6 is 15.9 Å². The van der Waals surface area contributed by atoms with Crippen molar-refractivity contribution in [3.63, 3.8) is 0 Å². The summed E-state index contributed by atoms with van der Waals surface area (Å²) in [5.74, 6) is 0.600. The molecule has 1 aliphatic rings. The van der Waals surface area contributed by atoms with Crippen LogP contribution in [0, 0.1) is 5.92 Å². The van der Waals surface area contributed by atoms with E-state index in [0.717, 1.165) is 17.1 Å². The lowest BCUT2D eigenvalue weighted by Gasteiger charge is -2.21. The summed E-state index contributed by atoms with van der Waals surface area (Å²) in [5, 5.41) is 7.94. The Morgan fingerprint density at radius 3 is 2.80 bits per heavy atom. The van der Waals surface area contributed by atoms with Gasteiger partial charge in [0.05, 0.1) is 16.7 Å². The summed E-state index contributed by atoms with van der Waals surface area (Å²) in [6.45, 7) is 5.51. The topological polar surface area (TPSA) is 29.9 Å². The second kappa shape index (κ2) is 4.66. The molecule has 1 heterocycles. The molecule has 1 saturated carbocycles. The third-order valence-corrected chi connectivity index (χ3v) is 3.28. The molecular weight excluding hydrogens is 254 g/mol. The van der Waals surface area contributed by atoms with Gasteiger partial charge in [-0.25, -0.2) is 0 Å². The van der Waals surface area contributed by atoms with Gasteiger partial charge < -0.3 is 5.32 Å². The van der Waals surface area contributed by atoms with Crippen molar-refractivity contribution in [1.29, 1.82) is 0 Å². The maximum Gasteiger partial charge on any atom is 0.0666 e. The SMILES string of the molecule is CC(C)C(CNC1CC1)n1cc(Br)cn1. The van der Waals surface area contributed by atoms with Gasteiger partial charge in [-0.05, 0) is 34.7 Å². The van der Waals surface area contributed by atoms with E-state index in [1.807, 2.05) is 6.20 Å². The monoisotopic (exact) mass is 271 g/mol. The Morgan fingerprint density at radius 2 is 2.33 bits per heavy atom. The predicted molar refractivity (Wildman–Crippen MR) is 64.8 cm³/mol. The van der Waals surface area contributed by atoms with E-state index < -0.39 is 0 Å². The summed E-state index contributed by atoms with van der Waals surface area (Å²) in [5.41, 5.74) is 0. The van der Waals surface area contributed by atoms with E-state index in [2.05, 4.69) is 51.1 Å². The maximum atomic E-state index is 4.37. The average Bonchev–Trinajstić information content (AvgIpc) is 2.89. The Morgan fingerprint density at radius 1 is 1.60 bits per heavy atom. The Hall–Kier alpha value is -0.350. The van der Waals surface area contributed by atoms with Crippen LogP contribution in [0.5, 0.6) is 0 Å². The number of nitrogens with one attached hydrogen (secondary N) is 1. The van der Waals surface area contributed by atoms with Crippen LogP contribution in [0.15, 0.2) is 16.9 Å². The van der Waals surface area contributed by atoms with Gasteiger partial charge in [-0.3, -0.25) is 4.68 Å². The number of halogens is 1. The van der Waals surface area contributed by atoms with E-state index in [0.29, 0.717) is 12.0 Å². The summed E-state index contributed by atoms with van der Waals surface area (Å²) < 4.78 is 3.11. The van der Waals surface area contributed by atoms with Crippen LogP contribution in [-0.4, -0.2) is 22.4 Å². The van der Waals surface area contributed by atoms with Gasteiger partial charge in [-0.2, -0.15) is 5.10 Å². The fourth-order valence-electron chi connectivity index (χ4n) is 1.71. The van der Waals surface area contributed by atoms with Crippen molar-refractivity contribution >= 4 is 15.9 Å². The Bertz CT molecular complexity index is 317. The normalized spacial score (nSPS) is 18.4. The second-order valence-corrected chi connectivity index (χ2v) is 5.55. The molecule has 1 aromatic rings. The van der Waals surface area contributed by atoms with Gasteiger partial charge in [0.25, 0.3) is 0 Å². The lowest BCUT2D eigenvalue weighted by atomic mass is 10.0. The number of aromatic nitrogens is 2. The van der Waals surface area contributed by atoms with Gasteiger partial charge >= 0.3 is 0 Å². The predicted octanol–water partition coefficient (Wildman–Crippen LogP) is 2.59. The van der Waals surface area contributed by atoms with Crippen LogP contribution in [0.1, 0.15) is 32.7 Å². The van der Waals surface area contributed by atoms with Crippen molar-refractivity contribution < 1.29 is 0 Å². The van der Waals surface area contributed by atoms with Gasteiger partial charge in [0.2, 0.25) is 0 Å². The molecule has 1 aliphatic carbocycles. The highest BCUT2D eigenvalue weighted by Crippen LogP contribution is 2.22. The Balaban J connectivity index is 1.97. The lowest BCUT2D eigenvalue weighted by Crippen LogP contribution is -2.30. The van der Waals surface area contributed by atoms with E-state index in [-0.39, 0.29) is 0 Å². The van der Waals surface area contributed by atoms with E-state index in [1.54, 1.807) is 0 Å². The fourth-order valence-corrected chi connectivity index (χ4v) is 2.01. The zero-order valence-electron chi connectivity index (χ0n) is 9.28. The molecule has 1 aromatic heterocycles. The van der Waals surface area contributed by atoms with E-state index in [4.69, 9.17) is 0 Å². The van der Waals surface area contributed by atoms with Crippen LogP contribution in [-0.2, 0) is 0 Å². The molecule has 1 atom stereocenters.